The molecule has 0 radical (unpaired) electrons. The maximum Gasteiger partial charge on any atom is 0.348 e. The molecule has 0 unspecified atom stereocenters. The van der Waals surface area contributed by atoms with Crippen LogP contribution in [0.25, 0.3) is 11.3 Å². The van der Waals surface area contributed by atoms with Crippen molar-refractivity contribution in [3.05, 3.63) is 34.4 Å². The van der Waals surface area contributed by atoms with E-state index in [0.717, 1.165) is 11.3 Å². The number of aromatic carboxylic acids is 1. The number of nitrogens with zero attached hydrogens (tertiary/aromatic N) is 1. The summed E-state index contributed by atoms with van der Waals surface area (Å²) >= 11 is 1.00. The molecule has 1 N–H and O–H groups in total. The van der Waals surface area contributed by atoms with Crippen molar-refractivity contribution in [1.29, 1.82) is 0 Å². The first-order chi connectivity index (χ1) is 8.13. The number of methoxy groups -OCH3 is 1. The van der Waals surface area contributed by atoms with E-state index in [4.69, 9.17) is 9.84 Å². The summed E-state index contributed by atoms with van der Waals surface area (Å²) in [5, 5.41) is 8.94. The van der Waals surface area contributed by atoms with Gasteiger partial charge in [-0.25, -0.2) is 14.2 Å². The Morgan fingerprint density at radius 1 is 1.53 bits per heavy atom. The third kappa shape index (κ3) is 2.12. The van der Waals surface area contributed by atoms with E-state index in [1.807, 2.05) is 0 Å². The number of rotatable bonds is 3. The molecule has 2 rings (SSSR count). The maximum atomic E-state index is 13.5. The van der Waals surface area contributed by atoms with Gasteiger partial charge in [0.1, 0.15) is 4.88 Å². The van der Waals surface area contributed by atoms with Gasteiger partial charge in [-0.15, -0.1) is 11.3 Å². The van der Waals surface area contributed by atoms with Gasteiger partial charge in [0.05, 0.1) is 18.3 Å². The lowest BCUT2D eigenvalue weighted by molar-refractivity contribution is 0.0702. The van der Waals surface area contributed by atoms with E-state index in [1.165, 1.54) is 24.8 Å². The van der Waals surface area contributed by atoms with Crippen molar-refractivity contribution in [2.45, 2.75) is 0 Å². The smallest absolute Gasteiger partial charge is 0.348 e. The van der Waals surface area contributed by atoms with Crippen molar-refractivity contribution in [3.8, 4) is 17.0 Å². The van der Waals surface area contributed by atoms with Crippen molar-refractivity contribution in [2.24, 2.45) is 0 Å². The molecule has 1 heterocycles. The number of carboxylic acids is 1. The third-order valence-electron chi connectivity index (χ3n) is 2.19. The van der Waals surface area contributed by atoms with Crippen molar-refractivity contribution in [1.82, 2.24) is 4.98 Å². The maximum absolute atomic E-state index is 13.5. The van der Waals surface area contributed by atoms with Crippen LogP contribution < -0.4 is 4.74 Å². The van der Waals surface area contributed by atoms with E-state index in [9.17, 15) is 9.18 Å². The summed E-state index contributed by atoms with van der Waals surface area (Å²) in [6.07, 6.45) is 0. The fraction of sp³-hybridized carbons (Fsp3) is 0.0909. The Morgan fingerprint density at radius 3 is 2.88 bits per heavy atom. The van der Waals surface area contributed by atoms with Crippen LogP contribution in [-0.4, -0.2) is 23.2 Å². The molecule has 0 saturated heterocycles. The van der Waals surface area contributed by atoms with Gasteiger partial charge >= 0.3 is 5.97 Å². The van der Waals surface area contributed by atoms with E-state index < -0.39 is 11.8 Å². The lowest BCUT2D eigenvalue weighted by Crippen LogP contribution is -1.96. The average Bonchev–Trinajstić information content (AvgIpc) is 2.77. The lowest BCUT2D eigenvalue weighted by Gasteiger charge is -2.04. The van der Waals surface area contributed by atoms with Gasteiger partial charge in [0, 0.05) is 5.56 Å². The Hall–Kier alpha value is -1.95. The molecule has 0 aliphatic rings. The fourth-order valence-electron chi connectivity index (χ4n) is 1.42. The van der Waals surface area contributed by atoms with Crippen molar-refractivity contribution >= 4 is 17.3 Å². The van der Waals surface area contributed by atoms with Crippen molar-refractivity contribution in [2.75, 3.05) is 7.11 Å². The van der Waals surface area contributed by atoms with Crippen LogP contribution in [0, 0.1) is 5.82 Å². The summed E-state index contributed by atoms with van der Waals surface area (Å²) in [5.41, 5.74) is 2.10. The normalized spacial score (nSPS) is 10.2. The molecular formula is C11H8FNO3S. The van der Waals surface area contributed by atoms with E-state index in [2.05, 4.69) is 4.98 Å². The van der Waals surface area contributed by atoms with E-state index >= 15 is 0 Å². The largest absolute Gasteiger partial charge is 0.494 e. The first-order valence-electron chi connectivity index (χ1n) is 4.64. The minimum absolute atomic E-state index is 0.0922. The standard InChI is InChI=1S/C11H8FNO3S/c1-16-8-3-2-6(4-7(8)12)9-10(11(14)15)17-5-13-9/h2-5H,1H3,(H,14,15). The first kappa shape index (κ1) is 11.5. The number of carboxylic acid groups (broad SMARTS) is 1. The third-order valence-corrected chi connectivity index (χ3v) is 3.00. The fourth-order valence-corrected chi connectivity index (χ4v) is 2.06. The van der Waals surface area contributed by atoms with Gasteiger partial charge in [0.25, 0.3) is 0 Å². The van der Waals surface area contributed by atoms with Gasteiger partial charge in [-0.1, -0.05) is 0 Å². The number of halogens is 1. The summed E-state index contributed by atoms with van der Waals surface area (Å²) in [7, 11) is 1.36. The van der Waals surface area contributed by atoms with Gasteiger partial charge in [0.2, 0.25) is 0 Å². The van der Waals surface area contributed by atoms with Crippen LogP contribution in [0.4, 0.5) is 4.39 Å². The van der Waals surface area contributed by atoms with Gasteiger partial charge < -0.3 is 9.84 Å². The number of thiazole rings is 1. The minimum Gasteiger partial charge on any atom is -0.494 e. The molecule has 0 bridgehead atoms. The predicted octanol–water partition coefficient (Wildman–Crippen LogP) is 2.66. The van der Waals surface area contributed by atoms with Crippen LogP contribution in [0.3, 0.4) is 0 Å². The molecule has 0 aliphatic carbocycles. The van der Waals surface area contributed by atoms with Crippen LogP contribution in [0.1, 0.15) is 9.67 Å². The molecule has 0 fully saturated rings. The molecule has 17 heavy (non-hydrogen) atoms. The second-order valence-electron chi connectivity index (χ2n) is 3.18. The van der Waals surface area contributed by atoms with Crippen molar-refractivity contribution in [3.63, 3.8) is 0 Å². The highest BCUT2D eigenvalue weighted by Crippen LogP contribution is 2.28. The molecule has 1 aromatic carbocycles. The molecule has 6 heteroatoms. The number of carbonyl (C=O) groups is 1. The summed E-state index contributed by atoms with van der Waals surface area (Å²) < 4.78 is 18.3. The Balaban J connectivity index is 2.50. The Kier molecular flexibility index (Phi) is 3.06. The molecule has 0 amide bonds. The SMILES string of the molecule is COc1ccc(-c2ncsc2C(=O)O)cc1F. The summed E-state index contributed by atoms with van der Waals surface area (Å²) in [6, 6.07) is 4.22. The van der Waals surface area contributed by atoms with Crippen LogP contribution in [0.15, 0.2) is 23.7 Å². The molecule has 2 aromatic rings. The number of ether oxygens (including phenoxy) is 1. The Morgan fingerprint density at radius 2 is 2.29 bits per heavy atom. The zero-order valence-electron chi connectivity index (χ0n) is 8.81. The molecule has 1 aromatic heterocycles. The Labute approximate surface area is 100 Å². The minimum atomic E-state index is -1.07. The molecule has 0 atom stereocenters. The summed E-state index contributed by atoms with van der Waals surface area (Å²) in [5.74, 6) is -1.51. The highest BCUT2D eigenvalue weighted by Gasteiger charge is 2.16. The number of hydrogen-bond acceptors (Lipinski definition) is 4. The van der Waals surface area contributed by atoms with E-state index in [0.29, 0.717) is 5.56 Å². The van der Waals surface area contributed by atoms with Crippen LogP contribution in [0.2, 0.25) is 0 Å². The van der Waals surface area contributed by atoms with Crippen LogP contribution >= 0.6 is 11.3 Å². The summed E-state index contributed by atoms with van der Waals surface area (Å²) in [4.78, 5) is 14.9. The van der Waals surface area contributed by atoms with Crippen molar-refractivity contribution < 1.29 is 19.0 Å². The molecule has 0 spiro atoms. The first-order valence-corrected chi connectivity index (χ1v) is 5.52. The zero-order chi connectivity index (χ0) is 12.4. The second-order valence-corrected chi connectivity index (χ2v) is 4.04. The van der Waals surface area contributed by atoms with Gasteiger partial charge in [0.15, 0.2) is 11.6 Å². The highest BCUT2D eigenvalue weighted by molar-refractivity contribution is 7.12. The molecular weight excluding hydrogens is 245 g/mol. The Bertz CT molecular complexity index is 568. The quantitative estimate of drug-likeness (QED) is 0.913. The zero-order valence-corrected chi connectivity index (χ0v) is 9.62. The van der Waals surface area contributed by atoms with Gasteiger partial charge in [-0.3, -0.25) is 0 Å². The van der Waals surface area contributed by atoms with Gasteiger partial charge in [-0.05, 0) is 18.2 Å². The molecule has 88 valence electrons. The summed E-state index contributed by atoms with van der Waals surface area (Å²) in [6.45, 7) is 0. The number of hydrogen-bond donors (Lipinski definition) is 1. The topological polar surface area (TPSA) is 59.4 Å². The van der Waals surface area contributed by atoms with E-state index in [1.54, 1.807) is 6.07 Å². The highest BCUT2D eigenvalue weighted by atomic mass is 32.1. The molecule has 4 nitrogen and oxygen atoms in total. The monoisotopic (exact) mass is 253 g/mol. The van der Waals surface area contributed by atoms with E-state index in [-0.39, 0.29) is 16.3 Å². The second kappa shape index (κ2) is 4.50. The lowest BCUT2D eigenvalue weighted by atomic mass is 10.1. The average molecular weight is 253 g/mol. The predicted molar refractivity (Wildman–Crippen MR) is 61.0 cm³/mol. The molecule has 0 saturated carbocycles. The number of benzene rings is 1. The van der Waals surface area contributed by atoms with Gasteiger partial charge in [-0.2, -0.15) is 0 Å². The van der Waals surface area contributed by atoms with Crippen LogP contribution in [0.5, 0.6) is 5.75 Å². The van der Waals surface area contributed by atoms with Crippen LogP contribution in [-0.2, 0) is 0 Å². The molecule has 0 aliphatic heterocycles. The number of aromatic nitrogens is 1.